The molecule has 1 aromatic carbocycles. The molecule has 5 heterocycles. The molecule has 2 saturated heterocycles. The molecule has 3 aliphatic heterocycles. The number of carbonyl (C=O) groups excluding carboxylic acids is 1. The Morgan fingerprint density at radius 3 is 2.56 bits per heavy atom. The van der Waals surface area contributed by atoms with Gasteiger partial charge in [-0.05, 0) is 48.9 Å². The van der Waals surface area contributed by atoms with E-state index in [1.165, 1.54) is 36.3 Å². The van der Waals surface area contributed by atoms with Gasteiger partial charge in [0.05, 0.1) is 18.4 Å². The summed E-state index contributed by atoms with van der Waals surface area (Å²) in [6, 6.07) is 6.43. The van der Waals surface area contributed by atoms with Gasteiger partial charge in [0.15, 0.2) is 0 Å². The standard InChI is InChI=1S/C28H36N6O2/c1-20-14-26-29-6-9-34(26)19-24(20)33-12-10-31(11-13-33)17-21-4-7-32(8-5-21)23-15-22-18-30(2)28(35)27(22)25(16-23)36-3/h6,9,14-16,19,21H,4-5,7-8,10-13,17-18H2,1-3H3. The number of benzene rings is 1. The molecule has 0 unspecified atom stereocenters. The first-order valence-corrected chi connectivity index (χ1v) is 13.1. The number of rotatable bonds is 5. The van der Waals surface area contributed by atoms with Crippen LogP contribution in [0.4, 0.5) is 11.4 Å². The highest BCUT2D eigenvalue weighted by Crippen LogP contribution is 2.36. The first-order valence-electron chi connectivity index (χ1n) is 13.1. The lowest BCUT2D eigenvalue weighted by Crippen LogP contribution is -2.49. The van der Waals surface area contributed by atoms with E-state index in [0.717, 1.165) is 62.0 Å². The number of imidazole rings is 1. The number of aromatic nitrogens is 2. The fourth-order valence-corrected chi connectivity index (χ4v) is 6.17. The van der Waals surface area contributed by atoms with Gasteiger partial charge in [-0.1, -0.05) is 0 Å². The average Bonchev–Trinajstić information content (AvgIpc) is 3.47. The maximum Gasteiger partial charge on any atom is 0.258 e. The van der Waals surface area contributed by atoms with Gasteiger partial charge in [-0.25, -0.2) is 4.98 Å². The number of fused-ring (bicyclic) bond motifs is 2. The second-order valence-electron chi connectivity index (χ2n) is 10.6. The number of piperidine rings is 1. The van der Waals surface area contributed by atoms with Crippen molar-refractivity contribution in [3.05, 3.63) is 53.5 Å². The zero-order valence-corrected chi connectivity index (χ0v) is 21.6. The van der Waals surface area contributed by atoms with Crippen molar-refractivity contribution in [2.75, 3.05) is 69.8 Å². The van der Waals surface area contributed by atoms with E-state index in [-0.39, 0.29) is 5.91 Å². The van der Waals surface area contributed by atoms with Crippen LogP contribution in [-0.4, -0.2) is 85.1 Å². The number of pyridine rings is 1. The summed E-state index contributed by atoms with van der Waals surface area (Å²) >= 11 is 0. The van der Waals surface area contributed by atoms with E-state index in [2.05, 4.69) is 55.4 Å². The van der Waals surface area contributed by atoms with Crippen LogP contribution in [0.25, 0.3) is 5.65 Å². The van der Waals surface area contributed by atoms with Crippen molar-refractivity contribution >= 4 is 22.9 Å². The molecule has 8 nitrogen and oxygen atoms in total. The Morgan fingerprint density at radius 2 is 1.81 bits per heavy atom. The fourth-order valence-electron chi connectivity index (χ4n) is 6.17. The van der Waals surface area contributed by atoms with Gasteiger partial charge in [0.1, 0.15) is 11.4 Å². The number of methoxy groups -OCH3 is 1. The Morgan fingerprint density at radius 1 is 1.03 bits per heavy atom. The van der Waals surface area contributed by atoms with Gasteiger partial charge < -0.3 is 23.8 Å². The summed E-state index contributed by atoms with van der Waals surface area (Å²) in [6.45, 7) is 10.5. The van der Waals surface area contributed by atoms with Crippen LogP contribution >= 0.6 is 0 Å². The van der Waals surface area contributed by atoms with Crippen molar-refractivity contribution < 1.29 is 9.53 Å². The third-order valence-corrected chi connectivity index (χ3v) is 8.28. The van der Waals surface area contributed by atoms with Gasteiger partial charge in [-0.3, -0.25) is 9.69 Å². The van der Waals surface area contributed by atoms with Gasteiger partial charge in [-0.15, -0.1) is 0 Å². The molecule has 8 heteroatoms. The van der Waals surface area contributed by atoms with E-state index < -0.39 is 0 Å². The molecule has 6 rings (SSSR count). The number of amides is 1. The van der Waals surface area contributed by atoms with Crippen LogP contribution in [0, 0.1) is 12.8 Å². The minimum absolute atomic E-state index is 0.0599. The normalized spacial score (nSPS) is 19.4. The summed E-state index contributed by atoms with van der Waals surface area (Å²) in [7, 11) is 3.51. The molecule has 0 spiro atoms. The topological polar surface area (TPSA) is 56.6 Å². The summed E-state index contributed by atoms with van der Waals surface area (Å²) in [6.07, 6.45) is 8.52. The van der Waals surface area contributed by atoms with Gasteiger partial charge >= 0.3 is 0 Å². The zero-order chi connectivity index (χ0) is 24.8. The van der Waals surface area contributed by atoms with E-state index in [0.29, 0.717) is 12.3 Å². The molecule has 3 aromatic rings. The first-order chi connectivity index (χ1) is 17.5. The van der Waals surface area contributed by atoms with Crippen LogP contribution in [0.2, 0.25) is 0 Å². The Bertz CT molecular complexity index is 1270. The summed E-state index contributed by atoms with van der Waals surface area (Å²) in [5, 5.41) is 0. The maximum absolute atomic E-state index is 12.5. The highest BCUT2D eigenvalue weighted by molar-refractivity contribution is 6.01. The quantitative estimate of drug-likeness (QED) is 0.550. The van der Waals surface area contributed by atoms with Crippen molar-refractivity contribution in [3.8, 4) is 5.75 Å². The number of anilines is 2. The molecular weight excluding hydrogens is 452 g/mol. The number of ether oxygens (including phenoxy) is 1. The number of aryl methyl sites for hydroxylation is 1. The van der Waals surface area contributed by atoms with Crippen molar-refractivity contribution in [2.45, 2.75) is 26.3 Å². The average molecular weight is 489 g/mol. The third-order valence-electron chi connectivity index (χ3n) is 8.28. The molecule has 0 N–H and O–H groups in total. The lowest BCUT2D eigenvalue weighted by molar-refractivity contribution is 0.0814. The van der Waals surface area contributed by atoms with Crippen molar-refractivity contribution in [3.63, 3.8) is 0 Å². The summed E-state index contributed by atoms with van der Waals surface area (Å²) in [5.41, 5.74) is 6.64. The van der Waals surface area contributed by atoms with Gasteiger partial charge in [-0.2, -0.15) is 0 Å². The molecule has 0 radical (unpaired) electrons. The number of hydrogen-bond donors (Lipinski definition) is 0. The monoisotopic (exact) mass is 488 g/mol. The predicted molar refractivity (Wildman–Crippen MR) is 142 cm³/mol. The number of nitrogens with zero attached hydrogens (tertiary/aromatic N) is 6. The summed E-state index contributed by atoms with van der Waals surface area (Å²) in [4.78, 5) is 26.3. The molecule has 0 aliphatic carbocycles. The minimum atomic E-state index is 0.0599. The molecule has 0 saturated carbocycles. The highest BCUT2D eigenvalue weighted by atomic mass is 16.5. The van der Waals surface area contributed by atoms with Crippen LogP contribution in [0.15, 0.2) is 36.8 Å². The Labute approximate surface area is 213 Å². The van der Waals surface area contributed by atoms with Crippen LogP contribution in [0.1, 0.15) is 34.3 Å². The predicted octanol–water partition coefficient (Wildman–Crippen LogP) is 3.28. The SMILES string of the molecule is COc1cc(N2CCC(CN3CCN(c4cn5ccnc5cc4C)CC3)CC2)cc2c1C(=O)N(C)C2. The van der Waals surface area contributed by atoms with E-state index in [1.807, 2.05) is 19.4 Å². The van der Waals surface area contributed by atoms with Crippen molar-refractivity contribution in [2.24, 2.45) is 5.92 Å². The zero-order valence-electron chi connectivity index (χ0n) is 21.6. The maximum atomic E-state index is 12.5. The molecule has 36 heavy (non-hydrogen) atoms. The minimum Gasteiger partial charge on any atom is -0.496 e. The molecule has 3 aliphatic rings. The molecule has 2 aromatic heterocycles. The second kappa shape index (κ2) is 9.32. The number of hydrogen-bond acceptors (Lipinski definition) is 6. The van der Waals surface area contributed by atoms with Gasteiger partial charge in [0.25, 0.3) is 5.91 Å². The fraction of sp³-hybridized carbons (Fsp3) is 0.500. The van der Waals surface area contributed by atoms with Crippen LogP contribution in [0.3, 0.4) is 0 Å². The van der Waals surface area contributed by atoms with Crippen LogP contribution in [0.5, 0.6) is 5.75 Å². The molecule has 0 atom stereocenters. The van der Waals surface area contributed by atoms with Crippen LogP contribution in [-0.2, 0) is 6.54 Å². The Hall–Kier alpha value is -3.26. The van der Waals surface area contributed by atoms with E-state index in [9.17, 15) is 4.79 Å². The van der Waals surface area contributed by atoms with E-state index in [1.54, 1.807) is 12.0 Å². The molecular formula is C28H36N6O2. The first kappa shape index (κ1) is 23.2. The van der Waals surface area contributed by atoms with Crippen LogP contribution < -0.4 is 14.5 Å². The lowest BCUT2D eigenvalue weighted by Gasteiger charge is -2.40. The Kier molecular flexibility index (Phi) is 5.99. The summed E-state index contributed by atoms with van der Waals surface area (Å²) < 4.78 is 7.72. The molecule has 1 amide bonds. The number of piperazine rings is 1. The van der Waals surface area contributed by atoms with Gasteiger partial charge in [0, 0.05) is 89.8 Å². The van der Waals surface area contributed by atoms with E-state index >= 15 is 0 Å². The Balaban J connectivity index is 1.03. The van der Waals surface area contributed by atoms with Crippen molar-refractivity contribution in [1.29, 1.82) is 0 Å². The van der Waals surface area contributed by atoms with Crippen molar-refractivity contribution in [1.82, 2.24) is 19.2 Å². The highest BCUT2D eigenvalue weighted by Gasteiger charge is 2.31. The molecule has 2 fully saturated rings. The smallest absolute Gasteiger partial charge is 0.258 e. The lowest BCUT2D eigenvalue weighted by atomic mass is 9.95. The van der Waals surface area contributed by atoms with E-state index in [4.69, 9.17) is 4.74 Å². The molecule has 190 valence electrons. The van der Waals surface area contributed by atoms with Gasteiger partial charge in [0.2, 0.25) is 0 Å². The third kappa shape index (κ3) is 4.17. The number of carbonyl (C=O) groups is 1. The second-order valence-corrected chi connectivity index (χ2v) is 10.6. The molecule has 0 bridgehead atoms. The largest absolute Gasteiger partial charge is 0.496 e. The summed E-state index contributed by atoms with van der Waals surface area (Å²) in [5.74, 6) is 1.50.